The summed E-state index contributed by atoms with van der Waals surface area (Å²) in [7, 11) is 0. The van der Waals surface area contributed by atoms with Gasteiger partial charge in [-0.1, -0.05) is 12.1 Å². The highest BCUT2D eigenvalue weighted by atomic mass is 19.4. The molecular formula is C13H11F3N2O2. The maximum absolute atomic E-state index is 12.2. The number of nitrogens with zero attached hydrogens (tertiary/aromatic N) is 2. The van der Waals surface area contributed by atoms with Crippen molar-refractivity contribution in [3.05, 3.63) is 36.0 Å². The van der Waals surface area contributed by atoms with E-state index in [9.17, 15) is 18.0 Å². The second kappa shape index (κ2) is 5.36. The standard InChI is InChI=1S/C13H11F3N2O2/c1-2-18-7-10(8-19)12(17-18)9-4-3-5-11(6-9)20-13(14,15)16/h3-8H,2H2,1H3. The van der Waals surface area contributed by atoms with E-state index >= 15 is 0 Å². The number of alkyl halides is 3. The average Bonchev–Trinajstić information content (AvgIpc) is 2.80. The van der Waals surface area contributed by atoms with Crippen LogP contribution in [0.15, 0.2) is 30.5 Å². The van der Waals surface area contributed by atoms with Gasteiger partial charge in [-0.3, -0.25) is 9.48 Å². The molecule has 106 valence electrons. The fourth-order valence-corrected chi connectivity index (χ4v) is 1.75. The van der Waals surface area contributed by atoms with Crippen LogP contribution in [0.25, 0.3) is 11.3 Å². The quantitative estimate of drug-likeness (QED) is 0.809. The molecule has 0 bridgehead atoms. The normalized spacial score (nSPS) is 11.4. The highest BCUT2D eigenvalue weighted by Crippen LogP contribution is 2.28. The zero-order valence-corrected chi connectivity index (χ0v) is 10.5. The number of hydrogen-bond donors (Lipinski definition) is 0. The zero-order valence-electron chi connectivity index (χ0n) is 10.5. The lowest BCUT2D eigenvalue weighted by Gasteiger charge is -2.09. The number of carbonyl (C=O) groups is 1. The molecule has 0 aliphatic heterocycles. The summed E-state index contributed by atoms with van der Waals surface area (Å²) in [5.41, 5.74) is 1.03. The van der Waals surface area contributed by atoms with Crippen LogP contribution < -0.4 is 4.74 Å². The summed E-state index contributed by atoms with van der Waals surface area (Å²) in [6.45, 7) is 2.40. The number of rotatable bonds is 4. The van der Waals surface area contributed by atoms with Crippen molar-refractivity contribution in [2.75, 3.05) is 0 Å². The number of halogens is 3. The molecular weight excluding hydrogens is 273 g/mol. The van der Waals surface area contributed by atoms with Crippen molar-refractivity contribution >= 4 is 6.29 Å². The Bertz CT molecular complexity index is 620. The molecule has 4 nitrogen and oxygen atoms in total. The molecule has 1 heterocycles. The summed E-state index contributed by atoms with van der Waals surface area (Å²) in [6.07, 6.45) is -2.60. The molecule has 0 spiro atoms. The maximum Gasteiger partial charge on any atom is 0.573 e. The molecule has 1 aromatic carbocycles. The van der Waals surface area contributed by atoms with Crippen molar-refractivity contribution < 1.29 is 22.7 Å². The summed E-state index contributed by atoms with van der Waals surface area (Å²) in [5, 5.41) is 4.16. The van der Waals surface area contributed by atoms with Crippen LogP contribution in [0, 0.1) is 0 Å². The SMILES string of the molecule is CCn1cc(C=O)c(-c2cccc(OC(F)(F)F)c2)n1. The summed E-state index contributed by atoms with van der Waals surface area (Å²) in [5.74, 6) is -0.349. The topological polar surface area (TPSA) is 44.1 Å². The van der Waals surface area contributed by atoms with Crippen LogP contribution in [0.5, 0.6) is 5.75 Å². The summed E-state index contributed by atoms with van der Waals surface area (Å²) >= 11 is 0. The molecule has 0 N–H and O–H groups in total. The third kappa shape index (κ3) is 3.17. The van der Waals surface area contributed by atoms with E-state index < -0.39 is 6.36 Å². The van der Waals surface area contributed by atoms with Crippen molar-refractivity contribution in [3.8, 4) is 17.0 Å². The molecule has 1 aromatic heterocycles. The van der Waals surface area contributed by atoms with Gasteiger partial charge in [0.2, 0.25) is 0 Å². The van der Waals surface area contributed by atoms with Crippen LogP contribution in [0.3, 0.4) is 0 Å². The van der Waals surface area contributed by atoms with Crippen LogP contribution in [0.2, 0.25) is 0 Å². The van der Waals surface area contributed by atoms with Gasteiger partial charge >= 0.3 is 6.36 Å². The number of ether oxygens (including phenoxy) is 1. The van der Waals surface area contributed by atoms with Crippen molar-refractivity contribution in [1.29, 1.82) is 0 Å². The average molecular weight is 284 g/mol. The first-order valence-corrected chi connectivity index (χ1v) is 5.81. The van der Waals surface area contributed by atoms with E-state index in [-0.39, 0.29) is 5.75 Å². The number of aldehydes is 1. The fourth-order valence-electron chi connectivity index (χ4n) is 1.75. The first-order valence-electron chi connectivity index (χ1n) is 5.81. The van der Waals surface area contributed by atoms with E-state index in [0.29, 0.717) is 29.7 Å². The Kier molecular flexibility index (Phi) is 3.78. The smallest absolute Gasteiger partial charge is 0.406 e. The zero-order chi connectivity index (χ0) is 14.8. The van der Waals surface area contributed by atoms with E-state index in [1.54, 1.807) is 12.3 Å². The van der Waals surface area contributed by atoms with Crippen LogP contribution >= 0.6 is 0 Å². The summed E-state index contributed by atoms with van der Waals surface area (Å²) in [4.78, 5) is 11.0. The number of aryl methyl sites for hydroxylation is 1. The number of benzene rings is 1. The van der Waals surface area contributed by atoms with Gasteiger partial charge in [0.25, 0.3) is 0 Å². The highest BCUT2D eigenvalue weighted by Gasteiger charge is 2.31. The lowest BCUT2D eigenvalue weighted by atomic mass is 10.1. The van der Waals surface area contributed by atoms with Gasteiger partial charge in [0, 0.05) is 18.3 Å². The van der Waals surface area contributed by atoms with E-state index in [1.165, 1.54) is 22.9 Å². The monoisotopic (exact) mass is 284 g/mol. The third-order valence-electron chi connectivity index (χ3n) is 2.58. The molecule has 2 rings (SSSR count). The van der Waals surface area contributed by atoms with Gasteiger partial charge in [-0.15, -0.1) is 13.2 Å². The molecule has 0 saturated carbocycles. The molecule has 0 unspecified atom stereocenters. The van der Waals surface area contributed by atoms with Crippen LogP contribution in [-0.2, 0) is 6.54 Å². The number of aromatic nitrogens is 2. The largest absolute Gasteiger partial charge is 0.573 e. The van der Waals surface area contributed by atoms with Crippen molar-refractivity contribution in [3.63, 3.8) is 0 Å². The molecule has 0 radical (unpaired) electrons. The lowest BCUT2D eigenvalue weighted by molar-refractivity contribution is -0.274. The van der Waals surface area contributed by atoms with Crippen LogP contribution in [-0.4, -0.2) is 22.4 Å². The Morgan fingerprint density at radius 2 is 2.15 bits per heavy atom. The molecule has 0 aliphatic rings. The first kappa shape index (κ1) is 14.1. The second-order valence-corrected chi connectivity index (χ2v) is 3.98. The molecule has 0 fully saturated rings. The van der Waals surface area contributed by atoms with Crippen LogP contribution in [0.4, 0.5) is 13.2 Å². The number of hydrogen-bond acceptors (Lipinski definition) is 3. The van der Waals surface area contributed by atoms with E-state index in [4.69, 9.17) is 0 Å². The second-order valence-electron chi connectivity index (χ2n) is 3.98. The Morgan fingerprint density at radius 3 is 2.75 bits per heavy atom. The van der Waals surface area contributed by atoms with E-state index in [1.807, 2.05) is 6.92 Å². The Labute approximate surface area is 112 Å². The van der Waals surface area contributed by atoms with Gasteiger partial charge in [-0.25, -0.2) is 0 Å². The van der Waals surface area contributed by atoms with Gasteiger partial charge in [0.05, 0.1) is 5.56 Å². The Balaban J connectivity index is 2.40. The van der Waals surface area contributed by atoms with Gasteiger partial charge in [-0.2, -0.15) is 5.10 Å². The molecule has 0 saturated heterocycles. The predicted molar refractivity (Wildman–Crippen MR) is 65.4 cm³/mol. The fraction of sp³-hybridized carbons (Fsp3) is 0.231. The predicted octanol–water partition coefficient (Wildman–Crippen LogP) is 3.28. The molecule has 20 heavy (non-hydrogen) atoms. The third-order valence-corrected chi connectivity index (χ3v) is 2.58. The first-order chi connectivity index (χ1) is 9.43. The molecule has 7 heteroatoms. The summed E-state index contributed by atoms with van der Waals surface area (Å²) in [6, 6.07) is 5.37. The number of carbonyl (C=O) groups excluding carboxylic acids is 1. The van der Waals surface area contributed by atoms with Crippen molar-refractivity contribution in [2.45, 2.75) is 19.8 Å². The Hall–Kier alpha value is -2.31. The van der Waals surface area contributed by atoms with E-state index in [0.717, 1.165) is 0 Å². The highest BCUT2D eigenvalue weighted by molar-refractivity contribution is 5.85. The lowest BCUT2D eigenvalue weighted by Crippen LogP contribution is -2.17. The Morgan fingerprint density at radius 1 is 1.40 bits per heavy atom. The van der Waals surface area contributed by atoms with E-state index in [2.05, 4.69) is 9.84 Å². The van der Waals surface area contributed by atoms with Crippen LogP contribution in [0.1, 0.15) is 17.3 Å². The van der Waals surface area contributed by atoms with Gasteiger partial charge in [-0.05, 0) is 19.1 Å². The molecule has 0 amide bonds. The van der Waals surface area contributed by atoms with Gasteiger partial charge in [0.1, 0.15) is 11.4 Å². The van der Waals surface area contributed by atoms with Gasteiger partial charge < -0.3 is 4.74 Å². The molecule has 0 aliphatic carbocycles. The molecule has 2 aromatic rings. The molecule has 0 atom stereocenters. The minimum Gasteiger partial charge on any atom is -0.406 e. The van der Waals surface area contributed by atoms with Crippen molar-refractivity contribution in [1.82, 2.24) is 9.78 Å². The minimum absolute atomic E-state index is 0.316. The summed E-state index contributed by atoms with van der Waals surface area (Å²) < 4.78 is 41.9. The maximum atomic E-state index is 12.2. The minimum atomic E-state index is -4.76. The van der Waals surface area contributed by atoms with Crippen molar-refractivity contribution in [2.24, 2.45) is 0 Å². The van der Waals surface area contributed by atoms with Gasteiger partial charge in [0.15, 0.2) is 6.29 Å².